The maximum atomic E-state index is 11.9. The van der Waals surface area contributed by atoms with Gasteiger partial charge in [0.15, 0.2) is 0 Å². The standard InChI is InChI=1S/C9H14N2O4S/c1-2-4-11(5-6-12)16(13,14)8-9-3-7-15-10-9/h2-3,7,12H,1,4-6,8H2. The van der Waals surface area contributed by atoms with E-state index in [-0.39, 0.29) is 25.4 Å². The number of aliphatic hydroxyl groups excluding tert-OH is 1. The van der Waals surface area contributed by atoms with Gasteiger partial charge in [0.05, 0.1) is 12.3 Å². The highest BCUT2D eigenvalue weighted by molar-refractivity contribution is 7.88. The van der Waals surface area contributed by atoms with Gasteiger partial charge in [0.2, 0.25) is 10.0 Å². The molecule has 0 spiro atoms. The predicted octanol–water partition coefficient (Wildman–Crippen LogP) is -0.0153. The fraction of sp³-hybridized carbons (Fsp3) is 0.444. The largest absolute Gasteiger partial charge is 0.395 e. The zero-order valence-corrected chi connectivity index (χ0v) is 9.56. The van der Waals surface area contributed by atoms with E-state index >= 15 is 0 Å². The summed E-state index contributed by atoms with van der Waals surface area (Å²) >= 11 is 0. The Labute approximate surface area is 94.2 Å². The van der Waals surface area contributed by atoms with Gasteiger partial charge in [0, 0.05) is 19.2 Å². The molecule has 0 amide bonds. The van der Waals surface area contributed by atoms with Crippen LogP contribution in [0.1, 0.15) is 5.69 Å². The quantitative estimate of drug-likeness (QED) is 0.684. The molecule has 0 aliphatic rings. The summed E-state index contributed by atoms with van der Waals surface area (Å²) in [6.45, 7) is 3.46. The van der Waals surface area contributed by atoms with Crippen molar-refractivity contribution in [1.82, 2.24) is 9.46 Å². The average Bonchev–Trinajstić information content (AvgIpc) is 2.69. The number of hydrogen-bond acceptors (Lipinski definition) is 5. The Morgan fingerprint density at radius 1 is 1.62 bits per heavy atom. The first-order valence-electron chi connectivity index (χ1n) is 4.69. The molecular formula is C9H14N2O4S. The molecule has 0 bridgehead atoms. The molecule has 0 atom stereocenters. The molecule has 0 aromatic carbocycles. The monoisotopic (exact) mass is 246 g/mol. The lowest BCUT2D eigenvalue weighted by atomic mass is 10.5. The second kappa shape index (κ2) is 5.78. The molecule has 7 heteroatoms. The lowest BCUT2D eigenvalue weighted by Crippen LogP contribution is -2.34. The molecule has 16 heavy (non-hydrogen) atoms. The van der Waals surface area contributed by atoms with E-state index in [4.69, 9.17) is 5.11 Å². The van der Waals surface area contributed by atoms with Gasteiger partial charge in [0.1, 0.15) is 12.0 Å². The summed E-state index contributed by atoms with van der Waals surface area (Å²) in [7, 11) is -3.49. The van der Waals surface area contributed by atoms with Crippen molar-refractivity contribution in [2.24, 2.45) is 0 Å². The van der Waals surface area contributed by atoms with Crippen molar-refractivity contribution in [3.8, 4) is 0 Å². The third-order valence-corrected chi connectivity index (χ3v) is 3.68. The molecule has 1 heterocycles. The summed E-state index contributed by atoms with van der Waals surface area (Å²) in [5.41, 5.74) is 0.340. The van der Waals surface area contributed by atoms with E-state index in [9.17, 15) is 8.42 Å². The highest BCUT2D eigenvalue weighted by atomic mass is 32.2. The first-order valence-corrected chi connectivity index (χ1v) is 6.30. The van der Waals surface area contributed by atoms with Crippen LogP contribution in [0.25, 0.3) is 0 Å². The third-order valence-electron chi connectivity index (χ3n) is 1.90. The molecule has 0 aliphatic heterocycles. The van der Waals surface area contributed by atoms with Crippen molar-refractivity contribution in [1.29, 1.82) is 0 Å². The maximum absolute atomic E-state index is 11.9. The van der Waals surface area contributed by atoms with Crippen LogP contribution >= 0.6 is 0 Å². The van der Waals surface area contributed by atoms with Gasteiger partial charge in [-0.05, 0) is 0 Å². The first kappa shape index (κ1) is 12.9. The van der Waals surface area contributed by atoms with E-state index in [0.717, 1.165) is 4.31 Å². The Kier molecular flexibility index (Phi) is 4.66. The Hall–Kier alpha value is -1.18. The van der Waals surface area contributed by atoms with Crippen LogP contribution in [0.2, 0.25) is 0 Å². The van der Waals surface area contributed by atoms with Crippen LogP contribution in [0.15, 0.2) is 29.5 Å². The molecule has 1 N–H and O–H groups in total. The van der Waals surface area contributed by atoms with E-state index in [1.807, 2.05) is 0 Å². The molecule has 6 nitrogen and oxygen atoms in total. The summed E-state index contributed by atoms with van der Waals surface area (Å²) in [5, 5.41) is 12.3. The van der Waals surface area contributed by atoms with Crippen LogP contribution in [0.4, 0.5) is 0 Å². The molecule has 0 aliphatic carbocycles. The number of hydrogen-bond donors (Lipinski definition) is 1. The van der Waals surface area contributed by atoms with Gasteiger partial charge in [-0.25, -0.2) is 8.42 Å². The Morgan fingerprint density at radius 3 is 2.88 bits per heavy atom. The third kappa shape index (κ3) is 3.44. The van der Waals surface area contributed by atoms with E-state index in [0.29, 0.717) is 5.69 Å². The van der Waals surface area contributed by atoms with Crippen molar-refractivity contribution in [3.63, 3.8) is 0 Å². The number of aliphatic hydroxyl groups is 1. The topological polar surface area (TPSA) is 83.6 Å². The van der Waals surface area contributed by atoms with Gasteiger partial charge < -0.3 is 9.63 Å². The van der Waals surface area contributed by atoms with Crippen molar-refractivity contribution >= 4 is 10.0 Å². The van der Waals surface area contributed by atoms with E-state index in [2.05, 4.69) is 16.3 Å². The summed E-state index contributed by atoms with van der Waals surface area (Å²) in [5.74, 6) is -0.239. The SMILES string of the molecule is C=CCN(CCO)S(=O)(=O)Cc1ccon1. The number of nitrogens with zero attached hydrogens (tertiary/aromatic N) is 2. The number of rotatable bonds is 7. The van der Waals surface area contributed by atoms with Gasteiger partial charge in [-0.2, -0.15) is 4.31 Å². The van der Waals surface area contributed by atoms with Crippen LogP contribution in [0.5, 0.6) is 0 Å². The fourth-order valence-corrected chi connectivity index (χ4v) is 2.59. The summed E-state index contributed by atoms with van der Waals surface area (Å²) < 4.78 is 29.4. The molecule has 0 saturated heterocycles. The molecule has 1 aromatic heterocycles. The summed E-state index contributed by atoms with van der Waals surface area (Å²) in [4.78, 5) is 0. The zero-order chi connectivity index (χ0) is 12.0. The Balaban J connectivity index is 2.77. The molecule has 1 rings (SSSR count). The van der Waals surface area contributed by atoms with Crippen molar-refractivity contribution in [2.45, 2.75) is 5.75 Å². The lowest BCUT2D eigenvalue weighted by Gasteiger charge is -2.18. The van der Waals surface area contributed by atoms with Gasteiger partial charge in [-0.15, -0.1) is 6.58 Å². The average molecular weight is 246 g/mol. The predicted molar refractivity (Wildman–Crippen MR) is 58.0 cm³/mol. The maximum Gasteiger partial charge on any atom is 0.220 e. The van der Waals surface area contributed by atoms with Crippen LogP contribution in [0, 0.1) is 0 Å². The molecule has 0 saturated carbocycles. The van der Waals surface area contributed by atoms with Gasteiger partial charge in [-0.1, -0.05) is 11.2 Å². The van der Waals surface area contributed by atoms with Crippen molar-refractivity contribution < 1.29 is 18.0 Å². The summed E-state index contributed by atoms with van der Waals surface area (Å²) in [6, 6.07) is 1.49. The summed E-state index contributed by atoms with van der Waals surface area (Å²) in [6.07, 6.45) is 2.78. The highest BCUT2D eigenvalue weighted by Crippen LogP contribution is 2.08. The lowest BCUT2D eigenvalue weighted by molar-refractivity contribution is 0.260. The molecule has 0 unspecified atom stereocenters. The van der Waals surface area contributed by atoms with Crippen LogP contribution in [0.3, 0.4) is 0 Å². The second-order valence-corrected chi connectivity index (χ2v) is 5.09. The van der Waals surface area contributed by atoms with Crippen LogP contribution < -0.4 is 0 Å². The Morgan fingerprint density at radius 2 is 2.38 bits per heavy atom. The second-order valence-electron chi connectivity index (χ2n) is 3.12. The van der Waals surface area contributed by atoms with E-state index < -0.39 is 10.0 Å². The first-order chi connectivity index (χ1) is 7.60. The minimum absolute atomic E-state index is 0.0478. The Bertz CT molecular complexity index is 413. The van der Waals surface area contributed by atoms with Gasteiger partial charge >= 0.3 is 0 Å². The zero-order valence-electron chi connectivity index (χ0n) is 8.74. The fourth-order valence-electron chi connectivity index (χ4n) is 1.19. The minimum atomic E-state index is -3.49. The van der Waals surface area contributed by atoms with Crippen LogP contribution in [-0.2, 0) is 15.8 Å². The van der Waals surface area contributed by atoms with Gasteiger partial charge in [0.25, 0.3) is 0 Å². The normalized spacial score (nSPS) is 11.9. The van der Waals surface area contributed by atoms with Crippen molar-refractivity contribution in [3.05, 3.63) is 30.7 Å². The van der Waals surface area contributed by atoms with Crippen LogP contribution in [-0.4, -0.2) is 42.7 Å². The minimum Gasteiger partial charge on any atom is -0.395 e. The smallest absolute Gasteiger partial charge is 0.220 e. The van der Waals surface area contributed by atoms with Crippen molar-refractivity contribution in [2.75, 3.05) is 19.7 Å². The number of aromatic nitrogens is 1. The van der Waals surface area contributed by atoms with Gasteiger partial charge in [-0.3, -0.25) is 0 Å². The van der Waals surface area contributed by atoms with E-state index in [1.165, 1.54) is 18.4 Å². The molecule has 0 radical (unpaired) electrons. The van der Waals surface area contributed by atoms with E-state index in [1.54, 1.807) is 0 Å². The number of sulfonamides is 1. The molecule has 90 valence electrons. The molecular weight excluding hydrogens is 232 g/mol. The highest BCUT2D eigenvalue weighted by Gasteiger charge is 2.21. The molecule has 0 fully saturated rings. The molecule has 1 aromatic rings.